The SMILES string of the molecule is CC(C)c1ccc(S(=O)(=O)Nc2ccc3c(c2)CCC(=O)N3C)cc1. The molecule has 1 aliphatic rings. The van der Waals surface area contributed by atoms with Crippen molar-refractivity contribution >= 4 is 27.3 Å². The van der Waals surface area contributed by atoms with Gasteiger partial charge in [0, 0.05) is 24.8 Å². The van der Waals surface area contributed by atoms with Crippen LogP contribution in [0.25, 0.3) is 0 Å². The van der Waals surface area contributed by atoms with Crippen LogP contribution in [-0.2, 0) is 21.2 Å². The van der Waals surface area contributed by atoms with Crippen molar-refractivity contribution in [1.82, 2.24) is 0 Å². The number of nitrogens with zero attached hydrogens (tertiary/aromatic N) is 1. The third kappa shape index (κ3) is 3.54. The minimum absolute atomic E-state index is 0.0751. The minimum atomic E-state index is -3.64. The monoisotopic (exact) mass is 358 g/mol. The van der Waals surface area contributed by atoms with E-state index in [0.717, 1.165) is 16.8 Å². The maximum Gasteiger partial charge on any atom is 0.261 e. The highest BCUT2D eigenvalue weighted by molar-refractivity contribution is 7.92. The minimum Gasteiger partial charge on any atom is -0.315 e. The summed E-state index contributed by atoms with van der Waals surface area (Å²) in [5.74, 6) is 0.427. The van der Waals surface area contributed by atoms with Crippen LogP contribution in [0.2, 0.25) is 0 Å². The molecule has 0 saturated carbocycles. The predicted octanol–water partition coefficient (Wildman–Crippen LogP) is 3.52. The molecule has 1 amide bonds. The molecule has 2 aromatic rings. The number of hydrogen-bond acceptors (Lipinski definition) is 3. The Morgan fingerprint density at radius 3 is 2.36 bits per heavy atom. The van der Waals surface area contributed by atoms with E-state index in [1.54, 1.807) is 42.3 Å². The van der Waals surface area contributed by atoms with Crippen LogP contribution in [0, 0.1) is 0 Å². The van der Waals surface area contributed by atoms with Gasteiger partial charge in [0.1, 0.15) is 0 Å². The molecule has 3 rings (SSSR count). The number of rotatable bonds is 4. The second kappa shape index (κ2) is 6.52. The average Bonchev–Trinajstić information content (AvgIpc) is 2.58. The number of nitrogens with one attached hydrogen (secondary N) is 1. The lowest BCUT2D eigenvalue weighted by molar-refractivity contribution is -0.118. The number of carbonyl (C=O) groups excluding carboxylic acids is 1. The Hall–Kier alpha value is -2.34. The molecule has 132 valence electrons. The fourth-order valence-electron chi connectivity index (χ4n) is 2.97. The van der Waals surface area contributed by atoms with Crippen molar-refractivity contribution in [3.8, 4) is 0 Å². The molecule has 25 heavy (non-hydrogen) atoms. The van der Waals surface area contributed by atoms with Crippen LogP contribution in [0.3, 0.4) is 0 Å². The van der Waals surface area contributed by atoms with Crippen LogP contribution >= 0.6 is 0 Å². The van der Waals surface area contributed by atoms with E-state index in [1.165, 1.54) is 0 Å². The first-order valence-electron chi connectivity index (χ1n) is 8.30. The Labute approximate surface area is 148 Å². The zero-order valence-corrected chi connectivity index (χ0v) is 15.4. The largest absolute Gasteiger partial charge is 0.315 e. The first kappa shape index (κ1) is 17.5. The van der Waals surface area contributed by atoms with Crippen LogP contribution in [0.5, 0.6) is 0 Å². The highest BCUT2D eigenvalue weighted by Crippen LogP contribution is 2.30. The van der Waals surface area contributed by atoms with Gasteiger partial charge in [-0.15, -0.1) is 0 Å². The molecule has 0 radical (unpaired) electrons. The molecule has 1 N–H and O–H groups in total. The molecular formula is C19H22N2O3S. The van der Waals surface area contributed by atoms with Crippen LogP contribution in [0.4, 0.5) is 11.4 Å². The van der Waals surface area contributed by atoms with Gasteiger partial charge in [-0.05, 0) is 53.8 Å². The second-order valence-corrected chi connectivity index (χ2v) is 8.31. The van der Waals surface area contributed by atoms with Gasteiger partial charge in [-0.3, -0.25) is 9.52 Å². The number of anilines is 2. The number of hydrogen-bond donors (Lipinski definition) is 1. The van der Waals surface area contributed by atoms with Crippen molar-refractivity contribution in [2.45, 2.75) is 37.5 Å². The molecule has 2 aromatic carbocycles. The van der Waals surface area contributed by atoms with E-state index in [2.05, 4.69) is 18.6 Å². The van der Waals surface area contributed by atoms with E-state index in [9.17, 15) is 13.2 Å². The zero-order valence-electron chi connectivity index (χ0n) is 14.6. The summed E-state index contributed by atoms with van der Waals surface area (Å²) in [6.45, 7) is 4.13. The Kier molecular flexibility index (Phi) is 4.56. The summed E-state index contributed by atoms with van der Waals surface area (Å²) in [4.78, 5) is 13.6. The Morgan fingerprint density at radius 2 is 1.72 bits per heavy atom. The molecule has 0 bridgehead atoms. The first-order chi connectivity index (χ1) is 11.8. The van der Waals surface area contributed by atoms with Crippen molar-refractivity contribution in [3.05, 3.63) is 53.6 Å². The summed E-state index contributed by atoms with van der Waals surface area (Å²) in [7, 11) is -1.90. The molecule has 0 aliphatic carbocycles. The smallest absolute Gasteiger partial charge is 0.261 e. The maximum atomic E-state index is 12.6. The zero-order chi connectivity index (χ0) is 18.2. The van der Waals surface area contributed by atoms with E-state index >= 15 is 0 Å². The highest BCUT2D eigenvalue weighted by Gasteiger charge is 2.22. The summed E-state index contributed by atoms with van der Waals surface area (Å²) in [5.41, 5.74) is 3.41. The summed E-state index contributed by atoms with van der Waals surface area (Å²) >= 11 is 0. The van der Waals surface area contributed by atoms with Gasteiger partial charge in [0.25, 0.3) is 10.0 Å². The van der Waals surface area contributed by atoms with Gasteiger partial charge >= 0.3 is 0 Å². The van der Waals surface area contributed by atoms with Gasteiger partial charge in [0.15, 0.2) is 0 Å². The van der Waals surface area contributed by atoms with Crippen molar-refractivity contribution in [3.63, 3.8) is 0 Å². The second-order valence-electron chi connectivity index (χ2n) is 6.63. The van der Waals surface area contributed by atoms with Crippen molar-refractivity contribution in [2.75, 3.05) is 16.7 Å². The number of aryl methyl sites for hydroxylation is 1. The standard InChI is InChI=1S/C19H22N2O3S/c1-13(2)14-4-8-17(9-5-14)25(23,24)20-16-7-10-18-15(12-16)6-11-19(22)21(18)3/h4-5,7-10,12-13,20H,6,11H2,1-3H3. The Morgan fingerprint density at radius 1 is 1.04 bits per heavy atom. The Balaban J connectivity index is 1.85. The third-order valence-corrected chi connectivity index (χ3v) is 5.93. The Bertz CT molecular complexity index is 903. The topological polar surface area (TPSA) is 66.5 Å². The van der Waals surface area contributed by atoms with Gasteiger partial charge in [0.2, 0.25) is 5.91 Å². The quantitative estimate of drug-likeness (QED) is 0.909. The van der Waals surface area contributed by atoms with Gasteiger partial charge < -0.3 is 4.90 Å². The summed E-state index contributed by atoms with van der Waals surface area (Å²) in [5, 5.41) is 0. The lowest BCUT2D eigenvalue weighted by atomic mass is 10.0. The molecular weight excluding hydrogens is 336 g/mol. The maximum absolute atomic E-state index is 12.6. The molecule has 0 saturated heterocycles. The normalized spacial score (nSPS) is 14.6. The first-order valence-corrected chi connectivity index (χ1v) is 9.78. The number of amides is 1. The molecule has 0 spiro atoms. The third-order valence-electron chi connectivity index (χ3n) is 4.53. The van der Waals surface area contributed by atoms with E-state index in [4.69, 9.17) is 0 Å². The van der Waals surface area contributed by atoms with Crippen molar-refractivity contribution in [1.29, 1.82) is 0 Å². The molecule has 1 aliphatic heterocycles. The fourth-order valence-corrected chi connectivity index (χ4v) is 4.02. The fraction of sp³-hybridized carbons (Fsp3) is 0.316. The van der Waals surface area contributed by atoms with Crippen LogP contribution in [0.15, 0.2) is 47.4 Å². The summed E-state index contributed by atoms with van der Waals surface area (Å²) in [6.07, 6.45) is 1.06. The molecule has 0 atom stereocenters. The molecule has 0 unspecified atom stereocenters. The lowest BCUT2D eigenvalue weighted by Crippen LogP contribution is -2.31. The van der Waals surface area contributed by atoms with Crippen molar-refractivity contribution < 1.29 is 13.2 Å². The number of fused-ring (bicyclic) bond motifs is 1. The highest BCUT2D eigenvalue weighted by atomic mass is 32.2. The molecule has 1 heterocycles. The van der Waals surface area contributed by atoms with E-state index in [1.807, 2.05) is 12.1 Å². The van der Waals surface area contributed by atoms with Gasteiger partial charge in [-0.1, -0.05) is 26.0 Å². The van der Waals surface area contributed by atoms with Crippen molar-refractivity contribution in [2.24, 2.45) is 0 Å². The lowest BCUT2D eigenvalue weighted by Gasteiger charge is -2.26. The number of benzene rings is 2. The number of sulfonamides is 1. The van der Waals surface area contributed by atoms with Crippen LogP contribution < -0.4 is 9.62 Å². The number of carbonyl (C=O) groups is 1. The molecule has 0 fully saturated rings. The van der Waals surface area contributed by atoms with E-state index in [0.29, 0.717) is 24.4 Å². The average molecular weight is 358 g/mol. The van der Waals surface area contributed by atoms with Crippen LogP contribution in [0.1, 0.15) is 37.3 Å². The molecule has 5 nitrogen and oxygen atoms in total. The van der Waals surface area contributed by atoms with Gasteiger partial charge in [-0.2, -0.15) is 0 Å². The van der Waals surface area contributed by atoms with E-state index in [-0.39, 0.29) is 10.8 Å². The van der Waals surface area contributed by atoms with Crippen LogP contribution in [-0.4, -0.2) is 21.4 Å². The molecule has 0 aromatic heterocycles. The van der Waals surface area contributed by atoms with Gasteiger partial charge in [0.05, 0.1) is 4.90 Å². The van der Waals surface area contributed by atoms with Gasteiger partial charge in [-0.25, -0.2) is 8.42 Å². The van der Waals surface area contributed by atoms with E-state index < -0.39 is 10.0 Å². The predicted molar refractivity (Wildman–Crippen MR) is 99.5 cm³/mol. The summed E-state index contributed by atoms with van der Waals surface area (Å²) < 4.78 is 27.8. The molecule has 6 heteroatoms. The summed E-state index contributed by atoms with van der Waals surface area (Å²) in [6, 6.07) is 12.2.